The lowest BCUT2D eigenvalue weighted by molar-refractivity contribution is -0.0195. The van der Waals surface area contributed by atoms with E-state index in [1.54, 1.807) is 8.61 Å². The largest absolute Gasteiger partial charge is 0.375 e. The van der Waals surface area contributed by atoms with E-state index in [-0.39, 0.29) is 30.5 Å². The van der Waals surface area contributed by atoms with Crippen molar-refractivity contribution in [1.29, 1.82) is 0 Å². The third-order valence-electron chi connectivity index (χ3n) is 3.99. The standard InChI is InChI=1S/C12H25N3O3S.ClH/c1-10-9-18-11(2)7-15(10)19(16,17)14-5-3-4-12(6-13)8-14;/h10-12H,3-9,13H2,1-2H3;1H. The van der Waals surface area contributed by atoms with E-state index in [0.29, 0.717) is 32.8 Å². The molecule has 2 aliphatic rings. The van der Waals surface area contributed by atoms with Crippen molar-refractivity contribution in [2.75, 3.05) is 32.8 Å². The third-order valence-corrected chi connectivity index (χ3v) is 6.07. The summed E-state index contributed by atoms with van der Waals surface area (Å²) in [5, 5.41) is 0. The van der Waals surface area contributed by atoms with Gasteiger partial charge in [0, 0.05) is 25.7 Å². The van der Waals surface area contributed by atoms with E-state index in [1.165, 1.54) is 0 Å². The molecule has 2 saturated heterocycles. The average molecular weight is 328 g/mol. The van der Waals surface area contributed by atoms with Crippen molar-refractivity contribution in [3.8, 4) is 0 Å². The highest BCUT2D eigenvalue weighted by Gasteiger charge is 2.38. The molecule has 120 valence electrons. The second-order valence-corrected chi connectivity index (χ2v) is 7.55. The topological polar surface area (TPSA) is 75.9 Å². The Labute approximate surface area is 128 Å². The van der Waals surface area contributed by atoms with Crippen molar-refractivity contribution >= 4 is 22.6 Å². The van der Waals surface area contributed by atoms with Gasteiger partial charge in [0.2, 0.25) is 0 Å². The van der Waals surface area contributed by atoms with E-state index >= 15 is 0 Å². The maximum atomic E-state index is 12.7. The molecule has 0 bridgehead atoms. The van der Waals surface area contributed by atoms with Crippen molar-refractivity contribution < 1.29 is 13.2 Å². The lowest BCUT2D eigenvalue weighted by Gasteiger charge is -2.40. The van der Waals surface area contributed by atoms with Crippen LogP contribution in [0.3, 0.4) is 0 Å². The summed E-state index contributed by atoms with van der Waals surface area (Å²) in [6.07, 6.45) is 1.88. The van der Waals surface area contributed by atoms with E-state index in [1.807, 2.05) is 13.8 Å². The lowest BCUT2D eigenvalue weighted by Crippen LogP contribution is -2.56. The Kier molecular flexibility index (Phi) is 6.69. The third kappa shape index (κ3) is 3.84. The van der Waals surface area contributed by atoms with Crippen molar-refractivity contribution in [3.63, 3.8) is 0 Å². The van der Waals surface area contributed by atoms with Gasteiger partial charge >= 0.3 is 0 Å². The quantitative estimate of drug-likeness (QED) is 0.815. The minimum absolute atomic E-state index is 0. The van der Waals surface area contributed by atoms with Crippen molar-refractivity contribution in [3.05, 3.63) is 0 Å². The molecule has 0 amide bonds. The van der Waals surface area contributed by atoms with Crippen LogP contribution in [0.25, 0.3) is 0 Å². The van der Waals surface area contributed by atoms with Gasteiger partial charge in [-0.1, -0.05) is 0 Å². The molecule has 3 atom stereocenters. The van der Waals surface area contributed by atoms with Crippen molar-refractivity contribution in [2.45, 2.75) is 38.8 Å². The van der Waals surface area contributed by atoms with Gasteiger partial charge in [-0.05, 0) is 39.2 Å². The van der Waals surface area contributed by atoms with Crippen LogP contribution in [-0.4, -0.2) is 62.0 Å². The van der Waals surface area contributed by atoms with E-state index in [9.17, 15) is 8.42 Å². The highest BCUT2D eigenvalue weighted by molar-refractivity contribution is 7.86. The van der Waals surface area contributed by atoms with Crippen LogP contribution >= 0.6 is 12.4 Å². The number of nitrogens with zero attached hydrogens (tertiary/aromatic N) is 2. The summed E-state index contributed by atoms with van der Waals surface area (Å²) in [4.78, 5) is 0. The summed E-state index contributed by atoms with van der Waals surface area (Å²) >= 11 is 0. The van der Waals surface area contributed by atoms with E-state index in [0.717, 1.165) is 12.8 Å². The first-order valence-electron chi connectivity index (χ1n) is 7.03. The molecule has 6 nitrogen and oxygen atoms in total. The minimum atomic E-state index is -3.38. The predicted octanol–water partition coefficient (Wildman–Crippen LogP) is 0.433. The van der Waals surface area contributed by atoms with Gasteiger partial charge in [-0.15, -0.1) is 12.4 Å². The van der Waals surface area contributed by atoms with Gasteiger partial charge in [-0.25, -0.2) is 0 Å². The predicted molar refractivity (Wildman–Crippen MR) is 81.1 cm³/mol. The van der Waals surface area contributed by atoms with Gasteiger partial charge in [0.15, 0.2) is 0 Å². The molecule has 0 aromatic heterocycles. The maximum Gasteiger partial charge on any atom is 0.282 e. The fraction of sp³-hybridized carbons (Fsp3) is 1.00. The number of hydrogen-bond acceptors (Lipinski definition) is 4. The molecule has 0 saturated carbocycles. The van der Waals surface area contributed by atoms with Gasteiger partial charge in [0.1, 0.15) is 0 Å². The summed E-state index contributed by atoms with van der Waals surface area (Å²) in [6, 6.07) is -0.0977. The van der Waals surface area contributed by atoms with Gasteiger partial charge < -0.3 is 10.5 Å². The Bertz CT molecular complexity index is 407. The van der Waals surface area contributed by atoms with Crippen LogP contribution < -0.4 is 5.73 Å². The molecule has 3 unspecified atom stereocenters. The highest BCUT2D eigenvalue weighted by Crippen LogP contribution is 2.24. The fourth-order valence-corrected chi connectivity index (χ4v) is 4.74. The Hall–Kier alpha value is 0.0800. The molecule has 0 spiro atoms. The minimum Gasteiger partial charge on any atom is -0.375 e. The van der Waals surface area contributed by atoms with E-state index in [4.69, 9.17) is 10.5 Å². The second-order valence-electron chi connectivity index (χ2n) is 5.67. The molecule has 2 N–H and O–H groups in total. The fourth-order valence-electron chi connectivity index (χ4n) is 2.77. The van der Waals surface area contributed by atoms with E-state index in [2.05, 4.69) is 0 Å². The molecule has 20 heavy (non-hydrogen) atoms. The smallest absolute Gasteiger partial charge is 0.282 e. The zero-order chi connectivity index (χ0) is 14.0. The summed E-state index contributed by atoms with van der Waals surface area (Å²) in [6.45, 7) is 6.43. The first-order valence-corrected chi connectivity index (χ1v) is 8.43. The molecule has 0 aliphatic carbocycles. The summed E-state index contributed by atoms with van der Waals surface area (Å²) in [7, 11) is -3.38. The Balaban J connectivity index is 0.00000200. The van der Waals surface area contributed by atoms with Crippen LogP contribution in [0.1, 0.15) is 26.7 Å². The molecule has 2 fully saturated rings. The van der Waals surface area contributed by atoms with Crippen LogP contribution in [0, 0.1) is 5.92 Å². The molecule has 2 aliphatic heterocycles. The van der Waals surface area contributed by atoms with Gasteiger partial charge in [-0.2, -0.15) is 17.0 Å². The number of hydrogen-bond donors (Lipinski definition) is 1. The number of morpholine rings is 1. The number of ether oxygens (including phenoxy) is 1. The number of nitrogens with two attached hydrogens (primary N) is 1. The highest BCUT2D eigenvalue weighted by atomic mass is 35.5. The number of piperidine rings is 1. The first-order chi connectivity index (χ1) is 8.95. The monoisotopic (exact) mass is 327 g/mol. The Morgan fingerprint density at radius 3 is 2.65 bits per heavy atom. The number of halogens is 1. The molecule has 0 aromatic carbocycles. The summed E-state index contributed by atoms with van der Waals surface area (Å²) in [5.41, 5.74) is 5.68. The van der Waals surface area contributed by atoms with Gasteiger partial charge in [0.25, 0.3) is 10.2 Å². The zero-order valence-electron chi connectivity index (χ0n) is 12.2. The van der Waals surface area contributed by atoms with Crippen LogP contribution in [0.5, 0.6) is 0 Å². The van der Waals surface area contributed by atoms with Crippen LogP contribution in [0.2, 0.25) is 0 Å². The molecule has 2 rings (SSSR count). The molecule has 0 aromatic rings. The molecule has 0 radical (unpaired) electrons. The van der Waals surface area contributed by atoms with Gasteiger partial charge in [0.05, 0.1) is 12.7 Å². The second kappa shape index (κ2) is 7.38. The maximum absolute atomic E-state index is 12.7. The molecule has 2 heterocycles. The first kappa shape index (κ1) is 18.1. The lowest BCUT2D eigenvalue weighted by atomic mass is 10.0. The molecule has 8 heteroatoms. The average Bonchev–Trinajstić information content (AvgIpc) is 2.41. The van der Waals surface area contributed by atoms with E-state index < -0.39 is 10.2 Å². The van der Waals surface area contributed by atoms with Crippen LogP contribution in [0.15, 0.2) is 0 Å². The van der Waals surface area contributed by atoms with Crippen LogP contribution in [-0.2, 0) is 14.9 Å². The Morgan fingerprint density at radius 2 is 2.00 bits per heavy atom. The normalized spacial score (nSPS) is 33.6. The SMILES string of the molecule is CC1CN(S(=O)(=O)N2CCCC(CN)C2)C(C)CO1.Cl. The Morgan fingerprint density at radius 1 is 1.30 bits per heavy atom. The molecular weight excluding hydrogens is 302 g/mol. The van der Waals surface area contributed by atoms with Crippen molar-refractivity contribution in [2.24, 2.45) is 11.7 Å². The summed E-state index contributed by atoms with van der Waals surface area (Å²) < 4.78 is 34.1. The van der Waals surface area contributed by atoms with Crippen molar-refractivity contribution in [1.82, 2.24) is 8.61 Å². The summed E-state index contributed by atoms with van der Waals surface area (Å²) in [5.74, 6) is 0.289. The van der Waals surface area contributed by atoms with Gasteiger partial charge in [-0.3, -0.25) is 0 Å². The number of rotatable bonds is 3. The van der Waals surface area contributed by atoms with Crippen LogP contribution in [0.4, 0.5) is 0 Å². The zero-order valence-corrected chi connectivity index (χ0v) is 13.8. The molecular formula is C12H26ClN3O3S.